The summed E-state index contributed by atoms with van der Waals surface area (Å²) in [6, 6.07) is 6.54. The van der Waals surface area contributed by atoms with E-state index < -0.39 is 37.3 Å². The standard InChI is InChI=1S/C24H33NO7/c1-13-4-5-16(8-14(13)2)9-18-15(3)25(17-6-7-30-12-17)10-19(18)31-24-23(29)22(28)21(27)20(11-26)32-24/h4-5,8,10,17,20-24,26-29H,6-7,9,11-12H2,1-3H3/t17?,20-,21-,22+,23-,24-/m1/s1. The number of benzene rings is 1. The van der Waals surface area contributed by atoms with E-state index in [1.807, 2.05) is 13.1 Å². The lowest BCUT2D eigenvalue weighted by Gasteiger charge is -2.39. The predicted molar refractivity (Wildman–Crippen MR) is 117 cm³/mol. The van der Waals surface area contributed by atoms with Gasteiger partial charge in [0.2, 0.25) is 6.29 Å². The maximum Gasteiger partial charge on any atom is 0.229 e. The fourth-order valence-electron chi connectivity index (χ4n) is 4.48. The first-order chi connectivity index (χ1) is 15.3. The van der Waals surface area contributed by atoms with E-state index in [0.29, 0.717) is 25.4 Å². The highest BCUT2D eigenvalue weighted by atomic mass is 16.7. The van der Waals surface area contributed by atoms with Crippen molar-refractivity contribution in [3.63, 3.8) is 0 Å². The molecule has 4 rings (SSSR count). The van der Waals surface area contributed by atoms with Gasteiger partial charge in [0, 0.05) is 30.5 Å². The van der Waals surface area contributed by atoms with Gasteiger partial charge in [-0.3, -0.25) is 0 Å². The minimum absolute atomic E-state index is 0.195. The third-order valence-electron chi connectivity index (χ3n) is 6.72. The lowest BCUT2D eigenvalue weighted by Crippen LogP contribution is -2.60. The molecule has 0 spiro atoms. The quantitative estimate of drug-likeness (QED) is 0.525. The van der Waals surface area contributed by atoms with Gasteiger partial charge in [-0.1, -0.05) is 18.2 Å². The van der Waals surface area contributed by atoms with Crippen LogP contribution in [0.5, 0.6) is 5.75 Å². The van der Waals surface area contributed by atoms with Crippen molar-refractivity contribution in [3.05, 3.63) is 52.3 Å². The third kappa shape index (κ3) is 4.44. The van der Waals surface area contributed by atoms with E-state index in [4.69, 9.17) is 14.2 Å². The molecule has 1 aromatic heterocycles. The van der Waals surface area contributed by atoms with Crippen LogP contribution in [0, 0.1) is 20.8 Å². The summed E-state index contributed by atoms with van der Waals surface area (Å²) in [5.74, 6) is 0.539. The molecule has 2 aliphatic heterocycles. The summed E-state index contributed by atoms with van der Waals surface area (Å²) in [5.41, 5.74) is 5.56. The van der Waals surface area contributed by atoms with Crippen molar-refractivity contribution in [1.82, 2.24) is 4.57 Å². The molecule has 1 aromatic carbocycles. The van der Waals surface area contributed by atoms with E-state index in [2.05, 4.69) is 36.6 Å². The molecule has 1 unspecified atom stereocenters. The monoisotopic (exact) mass is 447 g/mol. The van der Waals surface area contributed by atoms with Crippen LogP contribution in [0.25, 0.3) is 0 Å². The van der Waals surface area contributed by atoms with Gasteiger partial charge in [0.25, 0.3) is 0 Å². The van der Waals surface area contributed by atoms with Gasteiger partial charge in [-0.05, 0) is 43.9 Å². The molecule has 8 nitrogen and oxygen atoms in total. The van der Waals surface area contributed by atoms with Crippen LogP contribution < -0.4 is 4.74 Å². The Kier molecular flexibility index (Phi) is 6.90. The molecule has 2 saturated heterocycles. The van der Waals surface area contributed by atoms with Crippen LogP contribution in [-0.2, 0) is 15.9 Å². The Hall–Kier alpha value is -1.94. The summed E-state index contributed by atoms with van der Waals surface area (Å²) in [6.45, 7) is 7.02. The van der Waals surface area contributed by atoms with Crippen LogP contribution in [0.15, 0.2) is 24.4 Å². The predicted octanol–water partition coefficient (Wildman–Crippen LogP) is 1.14. The van der Waals surface area contributed by atoms with Crippen LogP contribution in [0.2, 0.25) is 0 Å². The number of hydrogen-bond acceptors (Lipinski definition) is 7. The zero-order chi connectivity index (χ0) is 23.0. The van der Waals surface area contributed by atoms with Crippen LogP contribution in [0.4, 0.5) is 0 Å². The highest BCUT2D eigenvalue weighted by Crippen LogP contribution is 2.35. The van der Waals surface area contributed by atoms with Crippen molar-refractivity contribution in [2.24, 2.45) is 0 Å². The zero-order valence-corrected chi connectivity index (χ0v) is 18.8. The van der Waals surface area contributed by atoms with Crippen LogP contribution in [0.1, 0.15) is 40.4 Å². The van der Waals surface area contributed by atoms with E-state index in [0.717, 1.165) is 23.2 Å². The van der Waals surface area contributed by atoms with Crippen molar-refractivity contribution >= 4 is 0 Å². The van der Waals surface area contributed by atoms with Crippen LogP contribution in [-0.4, -0.2) is 75.5 Å². The molecule has 0 aliphatic carbocycles. The highest BCUT2D eigenvalue weighted by molar-refractivity contribution is 5.43. The topological polar surface area (TPSA) is 114 Å². The molecular formula is C24H33NO7. The number of aryl methyl sites for hydroxylation is 2. The lowest BCUT2D eigenvalue weighted by molar-refractivity contribution is -0.277. The van der Waals surface area contributed by atoms with E-state index in [1.54, 1.807) is 0 Å². The second kappa shape index (κ2) is 9.51. The first-order valence-corrected chi connectivity index (χ1v) is 11.1. The molecule has 2 aromatic rings. The van der Waals surface area contributed by atoms with Crippen molar-refractivity contribution in [2.45, 2.75) is 70.4 Å². The molecule has 176 valence electrons. The number of aliphatic hydroxyl groups is 4. The average Bonchev–Trinajstić information content (AvgIpc) is 3.40. The number of aliphatic hydroxyl groups excluding tert-OH is 4. The minimum atomic E-state index is -1.49. The second-order valence-electron chi connectivity index (χ2n) is 8.89. The molecule has 32 heavy (non-hydrogen) atoms. The lowest BCUT2D eigenvalue weighted by atomic mass is 9.99. The number of ether oxygens (including phenoxy) is 3. The molecule has 3 heterocycles. The molecule has 8 heteroatoms. The summed E-state index contributed by atoms with van der Waals surface area (Å²) in [7, 11) is 0. The largest absolute Gasteiger partial charge is 0.460 e. The van der Waals surface area contributed by atoms with Crippen molar-refractivity contribution < 1.29 is 34.6 Å². The number of rotatable bonds is 6. The van der Waals surface area contributed by atoms with Gasteiger partial charge < -0.3 is 39.2 Å². The molecule has 2 fully saturated rings. The Morgan fingerprint density at radius 3 is 2.50 bits per heavy atom. The van der Waals surface area contributed by atoms with E-state index >= 15 is 0 Å². The number of aromatic nitrogens is 1. The molecule has 0 amide bonds. The van der Waals surface area contributed by atoms with Gasteiger partial charge in [-0.15, -0.1) is 0 Å². The first kappa shape index (κ1) is 23.2. The van der Waals surface area contributed by atoms with Crippen molar-refractivity contribution in [2.75, 3.05) is 19.8 Å². The smallest absolute Gasteiger partial charge is 0.229 e. The van der Waals surface area contributed by atoms with Gasteiger partial charge >= 0.3 is 0 Å². The Morgan fingerprint density at radius 2 is 1.84 bits per heavy atom. The fraction of sp³-hybridized carbons (Fsp3) is 0.583. The van der Waals surface area contributed by atoms with Gasteiger partial charge in [0.05, 0.1) is 19.3 Å². The fourth-order valence-corrected chi connectivity index (χ4v) is 4.48. The number of hydrogen-bond donors (Lipinski definition) is 4. The van der Waals surface area contributed by atoms with E-state index in [9.17, 15) is 20.4 Å². The van der Waals surface area contributed by atoms with Crippen LogP contribution >= 0.6 is 0 Å². The third-order valence-corrected chi connectivity index (χ3v) is 6.72. The average molecular weight is 448 g/mol. The van der Waals surface area contributed by atoms with Crippen LogP contribution in [0.3, 0.4) is 0 Å². The molecule has 4 N–H and O–H groups in total. The summed E-state index contributed by atoms with van der Waals surface area (Å²) >= 11 is 0. The second-order valence-corrected chi connectivity index (χ2v) is 8.89. The summed E-state index contributed by atoms with van der Waals surface area (Å²) in [4.78, 5) is 0. The number of nitrogens with zero attached hydrogens (tertiary/aromatic N) is 1. The maximum absolute atomic E-state index is 10.4. The Labute approximate surface area is 188 Å². The van der Waals surface area contributed by atoms with Crippen molar-refractivity contribution in [3.8, 4) is 5.75 Å². The molecule has 0 saturated carbocycles. The van der Waals surface area contributed by atoms with E-state index in [-0.39, 0.29) is 6.04 Å². The Bertz CT molecular complexity index is 935. The van der Waals surface area contributed by atoms with Gasteiger partial charge in [-0.25, -0.2) is 0 Å². The molecule has 6 atom stereocenters. The Morgan fingerprint density at radius 1 is 1.06 bits per heavy atom. The molecule has 2 aliphatic rings. The molecular weight excluding hydrogens is 414 g/mol. The summed E-state index contributed by atoms with van der Waals surface area (Å²) in [5, 5.41) is 40.1. The molecule has 0 bridgehead atoms. The summed E-state index contributed by atoms with van der Waals surface area (Å²) < 4.78 is 19.4. The van der Waals surface area contributed by atoms with E-state index in [1.165, 1.54) is 11.1 Å². The highest BCUT2D eigenvalue weighted by Gasteiger charge is 2.45. The SMILES string of the molecule is Cc1ccc(Cc2c(O[C@@H]3O[C@H](CO)[C@@H](O)[C@H](O)[C@H]3O)cn(C3CCOC3)c2C)cc1C. The summed E-state index contributed by atoms with van der Waals surface area (Å²) in [6.07, 6.45) is -3.19. The molecule has 0 radical (unpaired) electrons. The normalized spacial score (nSPS) is 30.6. The van der Waals surface area contributed by atoms with Crippen molar-refractivity contribution in [1.29, 1.82) is 0 Å². The van der Waals surface area contributed by atoms with Gasteiger partial charge in [0.1, 0.15) is 30.2 Å². The maximum atomic E-state index is 10.4. The zero-order valence-electron chi connectivity index (χ0n) is 18.8. The Balaban J connectivity index is 1.66. The van der Waals surface area contributed by atoms with Gasteiger partial charge in [0.15, 0.2) is 0 Å². The minimum Gasteiger partial charge on any atom is -0.460 e. The first-order valence-electron chi connectivity index (χ1n) is 11.1. The van der Waals surface area contributed by atoms with Gasteiger partial charge in [-0.2, -0.15) is 0 Å².